The molecule has 2 N–H and O–H groups in total. The van der Waals surface area contributed by atoms with Gasteiger partial charge in [-0.2, -0.15) is 0 Å². The van der Waals surface area contributed by atoms with Gasteiger partial charge in [-0.05, 0) is 80.6 Å². The molecule has 246 valence electrons. The summed E-state index contributed by atoms with van der Waals surface area (Å²) in [5, 5.41) is 21.5. The molecule has 0 fully saturated rings. The smallest absolute Gasteiger partial charge is 0.345 e. The highest BCUT2D eigenvalue weighted by Crippen LogP contribution is 2.34. The van der Waals surface area contributed by atoms with Gasteiger partial charge >= 0.3 is 11.9 Å². The van der Waals surface area contributed by atoms with Crippen LogP contribution >= 0.6 is 23.2 Å². The lowest BCUT2D eigenvalue weighted by molar-refractivity contribution is -0.147. The van der Waals surface area contributed by atoms with Crippen LogP contribution in [0.3, 0.4) is 0 Å². The molecule has 2 heterocycles. The van der Waals surface area contributed by atoms with Crippen molar-refractivity contribution >= 4 is 56.9 Å². The highest BCUT2D eigenvalue weighted by atomic mass is 35.5. The third-order valence-electron chi connectivity index (χ3n) is 7.24. The number of carboxylic acid groups (broad SMARTS) is 2. The number of fused-ring (bicyclic) bond motifs is 2. The van der Waals surface area contributed by atoms with Crippen LogP contribution in [0.15, 0.2) is 67.5 Å². The summed E-state index contributed by atoms with van der Waals surface area (Å²) in [5.41, 5.74) is 2.14. The van der Waals surface area contributed by atoms with Gasteiger partial charge in [-0.25, -0.2) is 9.59 Å². The number of hydrogen-bond donors (Lipinski definition) is 2. The number of ether oxygens (including phenoxy) is 3. The Balaban J connectivity index is 0.000000251. The number of carboxylic acids is 2. The summed E-state index contributed by atoms with van der Waals surface area (Å²) < 4.78 is 16.8. The highest BCUT2D eigenvalue weighted by Gasteiger charge is 2.27. The predicted molar refractivity (Wildman–Crippen MR) is 181 cm³/mol. The molecule has 2 aromatic carbocycles. The molecule has 0 spiro atoms. The van der Waals surface area contributed by atoms with Gasteiger partial charge in [0.05, 0.1) is 16.7 Å². The molecule has 0 aliphatic carbocycles. The number of pyridine rings is 2. The van der Waals surface area contributed by atoms with Gasteiger partial charge in [-0.1, -0.05) is 49.5 Å². The van der Waals surface area contributed by atoms with E-state index in [-0.39, 0.29) is 5.92 Å². The lowest BCUT2D eigenvalue weighted by atomic mass is 9.99. The minimum atomic E-state index is -0.999. The summed E-state index contributed by atoms with van der Waals surface area (Å²) >= 11 is 12.4. The fourth-order valence-corrected chi connectivity index (χ4v) is 5.42. The average Bonchev–Trinajstić information content (AvgIpc) is 3.03. The maximum Gasteiger partial charge on any atom is 0.345 e. The van der Waals surface area contributed by atoms with E-state index in [0.29, 0.717) is 58.6 Å². The molecule has 4 rings (SSSR count). The topological polar surface area (TPSA) is 128 Å². The number of unbranched alkanes of at least 4 members (excludes halogenated alkanes) is 1. The van der Waals surface area contributed by atoms with Crippen molar-refractivity contribution in [1.29, 1.82) is 0 Å². The Kier molecular flexibility index (Phi) is 14.5. The molecule has 0 amide bonds. The number of aliphatic carboxylic acids is 2. The zero-order chi connectivity index (χ0) is 33.6. The lowest BCUT2D eigenvalue weighted by Gasteiger charge is -2.22. The quantitative estimate of drug-likeness (QED) is 0.0889. The van der Waals surface area contributed by atoms with E-state index < -0.39 is 24.1 Å². The van der Waals surface area contributed by atoms with E-state index in [0.717, 1.165) is 35.6 Å². The van der Waals surface area contributed by atoms with Crippen LogP contribution < -0.4 is 9.47 Å². The number of aryl methyl sites for hydroxylation is 1. The van der Waals surface area contributed by atoms with Gasteiger partial charge < -0.3 is 24.4 Å². The third-order valence-corrected chi connectivity index (χ3v) is 7.88. The molecule has 9 nitrogen and oxygen atoms in total. The van der Waals surface area contributed by atoms with E-state index in [4.69, 9.17) is 37.4 Å². The number of halogens is 2. The molecule has 3 unspecified atom stereocenters. The van der Waals surface area contributed by atoms with Crippen LogP contribution in [0.2, 0.25) is 10.0 Å². The van der Waals surface area contributed by atoms with E-state index in [2.05, 4.69) is 16.5 Å². The standard InChI is InChI=1S/C18H20ClNO4.C17H20ClNO3/c1-2-11-23-12-4-3-7-16(18(21)22)24-15-9-8-14(19)13-6-5-10-20-17(13)15;1-4-5-11(3)16(17(20)21)22-13-7-6-12(18)14-10(2)8-9-19-15(13)14/h2,5-6,8-10,16H,1,3-4,7,11-12H2,(H,21,22);6-9,11,16H,4-5H2,1-3H3,(H,20,21). The second-order valence-electron chi connectivity index (χ2n) is 10.8. The van der Waals surface area contributed by atoms with Gasteiger partial charge in [0.15, 0.2) is 12.2 Å². The van der Waals surface area contributed by atoms with Gasteiger partial charge in [0.25, 0.3) is 0 Å². The molecule has 0 bridgehead atoms. The molecule has 0 radical (unpaired) electrons. The molecule has 3 atom stereocenters. The fraction of sp³-hybridized carbons (Fsp3) is 0.371. The first-order valence-corrected chi connectivity index (χ1v) is 15.9. The van der Waals surface area contributed by atoms with Gasteiger partial charge in [0.1, 0.15) is 22.5 Å². The third kappa shape index (κ3) is 10.0. The van der Waals surface area contributed by atoms with E-state index >= 15 is 0 Å². The minimum absolute atomic E-state index is 0.0852. The van der Waals surface area contributed by atoms with Gasteiger partial charge in [-0.3, -0.25) is 9.97 Å². The van der Waals surface area contributed by atoms with Crippen LogP contribution in [0.25, 0.3) is 21.8 Å². The number of carbonyl (C=O) groups is 2. The molecule has 11 heteroatoms. The van der Waals surface area contributed by atoms with Crippen molar-refractivity contribution in [2.24, 2.45) is 5.92 Å². The van der Waals surface area contributed by atoms with Crippen LogP contribution in [0.4, 0.5) is 0 Å². The maximum atomic E-state index is 11.5. The van der Waals surface area contributed by atoms with Crippen molar-refractivity contribution in [2.45, 2.75) is 65.1 Å². The fourth-order valence-electron chi connectivity index (χ4n) is 4.90. The van der Waals surface area contributed by atoms with Crippen LogP contribution in [0, 0.1) is 12.8 Å². The summed E-state index contributed by atoms with van der Waals surface area (Å²) in [7, 11) is 0. The normalized spacial score (nSPS) is 12.9. The Labute approximate surface area is 279 Å². The van der Waals surface area contributed by atoms with E-state index in [1.54, 1.807) is 48.8 Å². The molecule has 2 aromatic heterocycles. The first-order chi connectivity index (χ1) is 22.1. The van der Waals surface area contributed by atoms with E-state index in [1.165, 1.54) is 0 Å². The Bertz CT molecular complexity index is 1620. The van der Waals surface area contributed by atoms with E-state index in [9.17, 15) is 19.8 Å². The van der Waals surface area contributed by atoms with Gasteiger partial charge in [-0.15, -0.1) is 6.58 Å². The molecule has 0 aliphatic rings. The Morgan fingerprint density at radius 3 is 2.28 bits per heavy atom. The second-order valence-corrected chi connectivity index (χ2v) is 11.6. The molecule has 4 aromatic rings. The number of benzene rings is 2. The van der Waals surface area contributed by atoms with Gasteiger partial charge in [0.2, 0.25) is 0 Å². The van der Waals surface area contributed by atoms with Crippen molar-refractivity contribution in [3.8, 4) is 11.5 Å². The Morgan fingerprint density at radius 2 is 1.61 bits per heavy atom. The molecule has 0 saturated heterocycles. The predicted octanol–water partition coefficient (Wildman–Crippen LogP) is 8.56. The largest absolute Gasteiger partial charge is 0.479 e. The van der Waals surface area contributed by atoms with E-state index in [1.807, 2.05) is 32.9 Å². The summed E-state index contributed by atoms with van der Waals surface area (Å²) in [5.74, 6) is -1.17. The summed E-state index contributed by atoms with van der Waals surface area (Å²) in [4.78, 5) is 31.5. The zero-order valence-electron chi connectivity index (χ0n) is 26.2. The van der Waals surface area contributed by atoms with Crippen LogP contribution in [0.5, 0.6) is 11.5 Å². The molecular formula is C35H40Cl2N2O7. The van der Waals surface area contributed by atoms with Crippen molar-refractivity contribution in [3.05, 3.63) is 83.1 Å². The van der Waals surface area contributed by atoms with Crippen molar-refractivity contribution in [2.75, 3.05) is 13.2 Å². The Morgan fingerprint density at radius 1 is 0.913 bits per heavy atom. The van der Waals surface area contributed by atoms with Gasteiger partial charge in [0, 0.05) is 35.7 Å². The first-order valence-electron chi connectivity index (χ1n) is 15.1. The Hall–Kier alpha value is -3.92. The SMILES string of the molecule is C=CCOCCCCC(Oc1ccc(Cl)c2cccnc12)C(=O)O.CCCC(C)C(Oc1ccc(Cl)c2c(C)ccnc12)C(=O)O. The van der Waals surface area contributed by atoms with Crippen molar-refractivity contribution in [3.63, 3.8) is 0 Å². The van der Waals surface area contributed by atoms with Crippen LogP contribution in [-0.4, -0.2) is 57.5 Å². The molecule has 46 heavy (non-hydrogen) atoms. The van der Waals surface area contributed by atoms with Crippen LogP contribution in [0.1, 0.15) is 51.5 Å². The monoisotopic (exact) mass is 670 g/mol. The molecular weight excluding hydrogens is 631 g/mol. The average molecular weight is 672 g/mol. The molecule has 0 aliphatic heterocycles. The maximum absolute atomic E-state index is 11.5. The van der Waals surface area contributed by atoms with Crippen molar-refractivity contribution in [1.82, 2.24) is 9.97 Å². The highest BCUT2D eigenvalue weighted by molar-refractivity contribution is 6.36. The van der Waals surface area contributed by atoms with Crippen molar-refractivity contribution < 1.29 is 34.0 Å². The number of aromatic nitrogens is 2. The second kappa shape index (κ2) is 18.3. The summed E-state index contributed by atoms with van der Waals surface area (Å²) in [6, 6.07) is 12.2. The number of hydrogen-bond acceptors (Lipinski definition) is 7. The summed E-state index contributed by atoms with van der Waals surface area (Å²) in [6.07, 6.45) is 6.69. The lowest BCUT2D eigenvalue weighted by Crippen LogP contribution is -2.33. The minimum Gasteiger partial charge on any atom is -0.479 e. The molecule has 0 saturated carbocycles. The first kappa shape index (κ1) is 36.5. The summed E-state index contributed by atoms with van der Waals surface area (Å²) in [6.45, 7) is 10.5. The number of rotatable bonds is 16. The van der Waals surface area contributed by atoms with Crippen LogP contribution in [-0.2, 0) is 14.3 Å². The number of nitrogens with zero attached hydrogens (tertiary/aromatic N) is 2. The zero-order valence-corrected chi connectivity index (χ0v) is 27.8.